The van der Waals surface area contributed by atoms with Crippen LogP contribution in [-0.4, -0.2) is 6.71 Å². The topological polar surface area (TPSA) is 6.48 Å². The summed E-state index contributed by atoms with van der Waals surface area (Å²) in [5.74, 6) is 3.34. The number of fused-ring (bicyclic) bond motifs is 6. The molecule has 4 aliphatic carbocycles. The molecule has 7 aliphatic rings. The summed E-state index contributed by atoms with van der Waals surface area (Å²) in [5, 5.41) is 0. The summed E-state index contributed by atoms with van der Waals surface area (Å²) < 4.78 is 0. The Hall–Kier alpha value is -4.24. The number of aryl methyl sites for hydroxylation is 1. The van der Waals surface area contributed by atoms with Crippen molar-refractivity contribution in [2.75, 3.05) is 9.80 Å². The Kier molecular flexibility index (Phi) is 5.34. The van der Waals surface area contributed by atoms with Crippen molar-refractivity contribution in [1.29, 1.82) is 0 Å². The molecule has 3 aliphatic heterocycles. The van der Waals surface area contributed by atoms with Gasteiger partial charge in [0.05, 0.1) is 5.69 Å². The fourth-order valence-electron chi connectivity index (χ4n) is 12.2. The van der Waals surface area contributed by atoms with Crippen LogP contribution in [0.1, 0.15) is 75.1 Å². The number of rotatable bonds is 1. The zero-order valence-corrected chi connectivity index (χ0v) is 28.6. The van der Waals surface area contributed by atoms with Crippen molar-refractivity contribution in [3.63, 3.8) is 0 Å². The smallest absolute Gasteiger partial charge is 0.252 e. The quantitative estimate of drug-likeness (QED) is 0.168. The van der Waals surface area contributed by atoms with Crippen LogP contribution in [0.2, 0.25) is 0 Å². The molecule has 48 heavy (non-hydrogen) atoms. The van der Waals surface area contributed by atoms with Crippen LogP contribution >= 0.6 is 0 Å². The van der Waals surface area contributed by atoms with Crippen molar-refractivity contribution in [2.45, 2.75) is 70.6 Å². The maximum atomic E-state index is 2.71. The van der Waals surface area contributed by atoms with Crippen LogP contribution < -0.4 is 26.2 Å². The largest absolute Gasteiger partial charge is 0.311 e. The average molecular weight is 623 g/mol. The van der Waals surface area contributed by atoms with Gasteiger partial charge < -0.3 is 9.80 Å². The van der Waals surface area contributed by atoms with Crippen LogP contribution in [0.5, 0.6) is 0 Å². The van der Waals surface area contributed by atoms with Gasteiger partial charge in [0.1, 0.15) is 0 Å². The van der Waals surface area contributed by atoms with Crippen LogP contribution in [0, 0.1) is 30.6 Å². The van der Waals surface area contributed by atoms with Gasteiger partial charge in [-0.05, 0) is 138 Å². The molecule has 3 heterocycles. The van der Waals surface area contributed by atoms with E-state index in [-0.39, 0.29) is 17.5 Å². The van der Waals surface area contributed by atoms with Gasteiger partial charge in [-0.15, -0.1) is 0 Å². The lowest BCUT2D eigenvalue weighted by molar-refractivity contribution is -0.0419. The summed E-state index contributed by atoms with van der Waals surface area (Å²) in [6, 6.07) is 40.4. The normalized spacial score (nSPS) is 26.7. The summed E-state index contributed by atoms with van der Waals surface area (Å²) in [6.07, 6.45) is 7.09. The molecule has 4 fully saturated rings. The van der Waals surface area contributed by atoms with Crippen molar-refractivity contribution in [3.8, 4) is 0 Å². The van der Waals surface area contributed by atoms with Crippen molar-refractivity contribution in [3.05, 3.63) is 125 Å². The van der Waals surface area contributed by atoms with Crippen LogP contribution in [0.4, 0.5) is 34.1 Å². The lowest BCUT2D eigenvalue weighted by atomic mass is 9.32. The number of hydrogen-bond donors (Lipinski definition) is 0. The molecule has 0 aromatic heterocycles. The minimum atomic E-state index is 0.0701. The van der Waals surface area contributed by atoms with Gasteiger partial charge >= 0.3 is 0 Å². The van der Waals surface area contributed by atoms with E-state index in [9.17, 15) is 0 Å². The first-order valence-electron chi connectivity index (χ1n) is 18.5. The molecular weight excluding hydrogens is 579 g/mol. The van der Waals surface area contributed by atoms with E-state index in [0.717, 1.165) is 23.7 Å². The van der Waals surface area contributed by atoms with E-state index < -0.39 is 0 Å². The molecule has 0 amide bonds. The Morgan fingerprint density at radius 1 is 0.604 bits per heavy atom. The second kappa shape index (κ2) is 9.26. The van der Waals surface area contributed by atoms with Crippen LogP contribution in [0.25, 0.3) is 0 Å². The first-order chi connectivity index (χ1) is 23.3. The Morgan fingerprint density at radius 3 is 1.96 bits per heavy atom. The fourth-order valence-corrected chi connectivity index (χ4v) is 12.2. The van der Waals surface area contributed by atoms with Gasteiger partial charge in [-0.25, -0.2) is 0 Å². The predicted octanol–water partition coefficient (Wildman–Crippen LogP) is 9.43. The van der Waals surface area contributed by atoms with E-state index in [1.54, 1.807) is 11.1 Å². The third-order valence-corrected chi connectivity index (χ3v) is 13.7. The zero-order chi connectivity index (χ0) is 32.1. The first kappa shape index (κ1) is 27.7. The lowest BCUT2D eigenvalue weighted by Crippen LogP contribution is -2.64. The van der Waals surface area contributed by atoms with E-state index in [4.69, 9.17) is 0 Å². The molecule has 236 valence electrons. The lowest BCUT2D eigenvalue weighted by Gasteiger charge is -2.64. The van der Waals surface area contributed by atoms with Gasteiger partial charge in [0.2, 0.25) is 0 Å². The van der Waals surface area contributed by atoms with Crippen LogP contribution in [0.3, 0.4) is 0 Å². The van der Waals surface area contributed by atoms with Gasteiger partial charge in [0.15, 0.2) is 0 Å². The molecule has 0 radical (unpaired) electrons. The second-order valence-corrected chi connectivity index (χ2v) is 17.1. The molecule has 2 nitrogen and oxygen atoms in total. The first-order valence-corrected chi connectivity index (χ1v) is 18.5. The van der Waals surface area contributed by atoms with Gasteiger partial charge in [-0.1, -0.05) is 93.1 Å². The molecule has 0 N–H and O–H groups in total. The number of para-hydroxylation sites is 2. The van der Waals surface area contributed by atoms with E-state index in [0.29, 0.717) is 0 Å². The fraction of sp³-hybridized carbons (Fsp3) is 0.333. The molecule has 0 unspecified atom stereocenters. The van der Waals surface area contributed by atoms with Crippen LogP contribution in [-0.2, 0) is 10.8 Å². The molecular formula is C45H43BN2. The van der Waals surface area contributed by atoms with Crippen LogP contribution in [0.15, 0.2) is 103 Å². The Bertz CT molecular complexity index is 2160. The third-order valence-electron chi connectivity index (χ3n) is 13.7. The molecule has 3 heteroatoms. The maximum Gasteiger partial charge on any atom is 0.252 e. The van der Waals surface area contributed by atoms with E-state index in [2.05, 4.69) is 141 Å². The van der Waals surface area contributed by atoms with E-state index >= 15 is 0 Å². The van der Waals surface area contributed by atoms with E-state index in [1.165, 1.54) is 93.7 Å². The van der Waals surface area contributed by atoms with Crippen molar-refractivity contribution in [2.24, 2.45) is 23.7 Å². The summed E-state index contributed by atoms with van der Waals surface area (Å²) in [7, 11) is 0. The molecule has 12 rings (SSSR count). The SMILES string of the molecule is Cc1cccc2c1B1c3cccc4c3N(c3ccccc3C43C4CC5CC(C4)CC3C5)c3cccc(c31)N2c1cccc(C(C)(C)C)c1. The monoisotopic (exact) mass is 622 g/mol. The predicted molar refractivity (Wildman–Crippen MR) is 202 cm³/mol. The molecule has 4 saturated carbocycles. The van der Waals surface area contributed by atoms with Gasteiger partial charge in [0.25, 0.3) is 6.71 Å². The minimum Gasteiger partial charge on any atom is -0.311 e. The minimum absolute atomic E-state index is 0.0701. The molecule has 0 atom stereocenters. The standard InChI is InChI=1S/C45H43BN2/c1-27-11-7-18-38-41(27)46-36-16-9-15-35-43(36)48(37-17-6-5-14-34(37)45(35)31-22-28-21-29(24-31)25-32(45)23-28)40-20-10-19-39(42(40)46)47(38)33-13-8-12-30(26-33)44(2,3)4/h5-20,26,28-29,31-32H,21-25H2,1-4H3. The Balaban J connectivity index is 1.22. The van der Waals surface area contributed by atoms with E-state index in [1.807, 2.05) is 0 Å². The molecule has 1 spiro atoms. The number of benzene rings is 5. The molecule has 5 aromatic rings. The summed E-state index contributed by atoms with van der Waals surface area (Å²) in [6.45, 7) is 9.49. The van der Waals surface area contributed by atoms with Gasteiger partial charge in [-0.2, -0.15) is 0 Å². The third kappa shape index (κ3) is 3.31. The highest BCUT2D eigenvalue weighted by molar-refractivity contribution is 7.00. The molecule has 0 saturated heterocycles. The van der Waals surface area contributed by atoms with Crippen molar-refractivity contribution in [1.82, 2.24) is 0 Å². The van der Waals surface area contributed by atoms with Gasteiger partial charge in [0, 0.05) is 33.9 Å². The average Bonchev–Trinajstić information content (AvgIpc) is 3.08. The highest BCUT2D eigenvalue weighted by Crippen LogP contribution is 2.69. The Morgan fingerprint density at radius 2 is 1.21 bits per heavy atom. The summed E-state index contributed by atoms with van der Waals surface area (Å²) >= 11 is 0. The highest BCUT2D eigenvalue weighted by atomic mass is 15.2. The number of anilines is 6. The maximum absolute atomic E-state index is 2.71. The van der Waals surface area contributed by atoms with Crippen molar-refractivity contribution < 1.29 is 0 Å². The van der Waals surface area contributed by atoms with Gasteiger partial charge in [-0.3, -0.25) is 0 Å². The molecule has 4 bridgehead atoms. The number of hydrogen-bond acceptors (Lipinski definition) is 2. The summed E-state index contributed by atoms with van der Waals surface area (Å²) in [4.78, 5) is 5.27. The summed E-state index contributed by atoms with van der Waals surface area (Å²) in [5.41, 5.74) is 18.7. The van der Waals surface area contributed by atoms with Crippen molar-refractivity contribution >= 4 is 57.2 Å². The number of nitrogens with zero attached hydrogens (tertiary/aromatic N) is 2. The zero-order valence-electron chi connectivity index (χ0n) is 28.6. The highest BCUT2D eigenvalue weighted by Gasteiger charge is 2.62. The molecule has 5 aromatic carbocycles. The second-order valence-electron chi connectivity index (χ2n) is 17.1. The Labute approximate surface area is 285 Å².